The molecule has 0 heteroatoms. The summed E-state index contributed by atoms with van der Waals surface area (Å²) in [5.74, 6) is 0.720. The van der Waals surface area contributed by atoms with Crippen molar-refractivity contribution in [2.45, 2.75) is 58.3 Å². The van der Waals surface area contributed by atoms with Gasteiger partial charge < -0.3 is 0 Å². The van der Waals surface area contributed by atoms with E-state index in [1.165, 1.54) is 44.1 Å². The highest BCUT2D eigenvalue weighted by Crippen LogP contribution is 2.41. The van der Waals surface area contributed by atoms with Gasteiger partial charge in [-0.1, -0.05) is 69.0 Å². The topological polar surface area (TPSA) is 0 Å². The zero-order chi connectivity index (χ0) is 12.1. The second-order valence-corrected chi connectivity index (χ2v) is 5.15. The predicted octanol–water partition coefficient (Wildman–Crippen LogP) is 5.55. The lowest BCUT2D eigenvalue weighted by molar-refractivity contribution is 0.621. The standard InChI is InChI=1S/C17H24/c1-3-5-9-14-13-15-10-7-8-12-17(15)16(14)11-6-4-2/h7-8,10,12-13,16H,3-6,9,11H2,1-2H3. The van der Waals surface area contributed by atoms with Gasteiger partial charge in [-0.25, -0.2) is 0 Å². The number of allylic oxidation sites excluding steroid dienone is 1. The van der Waals surface area contributed by atoms with Crippen LogP contribution in [0.25, 0.3) is 6.08 Å². The highest BCUT2D eigenvalue weighted by Gasteiger charge is 2.23. The molecular formula is C17H24. The van der Waals surface area contributed by atoms with Gasteiger partial charge in [0.1, 0.15) is 0 Å². The number of rotatable bonds is 6. The fourth-order valence-corrected chi connectivity index (χ4v) is 2.84. The molecule has 2 rings (SSSR count). The van der Waals surface area contributed by atoms with Crippen molar-refractivity contribution in [1.82, 2.24) is 0 Å². The molecule has 0 heterocycles. The molecule has 92 valence electrons. The number of hydrogen-bond donors (Lipinski definition) is 0. The summed E-state index contributed by atoms with van der Waals surface area (Å²) in [6, 6.07) is 8.95. The highest BCUT2D eigenvalue weighted by molar-refractivity contribution is 5.66. The van der Waals surface area contributed by atoms with Crippen LogP contribution in [0.2, 0.25) is 0 Å². The minimum absolute atomic E-state index is 0.720. The normalized spacial score (nSPS) is 18.0. The molecule has 0 spiro atoms. The number of hydrogen-bond acceptors (Lipinski definition) is 0. The van der Waals surface area contributed by atoms with Crippen LogP contribution in [-0.4, -0.2) is 0 Å². The Bertz CT molecular complexity index is 387. The first-order valence-corrected chi connectivity index (χ1v) is 7.16. The Morgan fingerprint density at radius 3 is 2.53 bits per heavy atom. The lowest BCUT2D eigenvalue weighted by Crippen LogP contribution is -1.99. The summed E-state index contributed by atoms with van der Waals surface area (Å²) in [7, 11) is 0. The molecular weight excluding hydrogens is 204 g/mol. The Morgan fingerprint density at radius 1 is 1.00 bits per heavy atom. The predicted molar refractivity (Wildman–Crippen MR) is 76.2 cm³/mol. The monoisotopic (exact) mass is 228 g/mol. The number of fused-ring (bicyclic) bond motifs is 1. The Morgan fingerprint density at radius 2 is 1.76 bits per heavy atom. The third-order valence-corrected chi connectivity index (χ3v) is 3.83. The molecule has 0 fully saturated rings. The highest BCUT2D eigenvalue weighted by atomic mass is 14.3. The molecule has 1 atom stereocenters. The van der Waals surface area contributed by atoms with E-state index in [2.05, 4.69) is 44.2 Å². The quantitative estimate of drug-likeness (QED) is 0.599. The molecule has 17 heavy (non-hydrogen) atoms. The van der Waals surface area contributed by atoms with Crippen LogP contribution in [0.15, 0.2) is 29.8 Å². The first kappa shape index (κ1) is 12.4. The van der Waals surface area contributed by atoms with Gasteiger partial charge in [0, 0.05) is 5.92 Å². The maximum Gasteiger partial charge on any atom is 0.00574 e. The molecule has 1 aliphatic rings. The van der Waals surface area contributed by atoms with Crippen molar-refractivity contribution in [3.8, 4) is 0 Å². The molecule has 0 bridgehead atoms. The van der Waals surface area contributed by atoms with Crippen LogP contribution in [-0.2, 0) is 0 Å². The summed E-state index contributed by atoms with van der Waals surface area (Å²) in [5, 5.41) is 0. The van der Waals surface area contributed by atoms with Gasteiger partial charge in [0.2, 0.25) is 0 Å². The van der Waals surface area contributed by atoms with E-state index in [9.17, 15) is 0 Å². The molecule has 0 radical (unpaired) electrons. The first-order chi connectivity index (χ1) is 8.36. The summed E-state index contributed by atoms with van der Waals surface area (Å²) in [6.45, 7) is 4.57. The van der Waals surface area contributed by atoms with Gasteiger partial charge >= 0.3 is 0 Å². The Balaban J connectivity index is 2.15. The first-order valence-electron chi connectivity index (χ1n) is 7.16. The fourth-order valence-electron chi connectivity index (χ4n) is 2.84. The summed E-state index contributed by atoms with van der Waals surface area (Å²) in [5.41, 5.74) is 4.73. The molecule has 0 aromatic heterocycles. The molecule has 0 N–H and O–H groups in total. The van der Waals surface area contributed by atoms with Crippen molar-refractivity contribution in [3.05, 3.63) is 41.0 Å². The van der Waals surface area contributed by atoms with Crippen LogP contribution in [0.4, 0.5) is 0 Å². The molecule has 0 amide bonds. The average molecular weight is 228 g/mol. The zero-order valence-electron chi connectivity index (χ0n) is 11.2. The molecule has 0 nitrogen and oxygen atoms in total. The molecule has 0 saturated heterocycles. The van der Waals surface area contributed by atoms with Gasteiger partial charge in [0.25, 0.3) is 0 Å². The van der Waals surface area contributed by atoms with Crippen LogP contribution in [0.1, 0.15) is 69.4 Å². The molecule has 0 saturated carbocycles. The minimum atomic E-state index is 0.720. The lowest BCUT2D eigenvalue weighted by atomic mass is 9.88. The number of unbranched alkanes of at least 4 members (excludes halogenated alkanes) is 2. The van der Waals surface area contributed by atoms with Crippen LogP contribution < -0.4 is 0 Å². The van der Waals surface area contributed by atoms with E-state index < -0.39 is 0 Å². The number of benzene rings is 1. The second kappa shape index (κ2) is 6.05. The van der Waals surface area contributed by atoms with Crippen molar-refractivity contribution < 1.29 is 0 Å². The maximum absolute atomic E-state index is 2.45. The third kappa shape index (κ3) is 2.80. The van der Waals surface area contributed by atoms with E-state index in [0.29, 0.717) is 0 Å². The molecule has 0 aliphatic heterocycles. The fraction of sp³-hybridized carbons (Fsp3) is 0.529. The van der Waals surface area contributed by atoms with Gasteiger partial charge in [0.05, 0.1) is 0 Å². The van der Waals surface area contributed by atoms with Crippen molar-refractivity contribution in [2.24, 2.45) is 0 Å². The van der Waals surface area contributed by atoms with Crippen molar-refractivity contribution >= 4 is 6.08 Å². The van der Waals surface area contributed by atoms with Gasteiger partial charge in [-0.2, -0.15) is 0 Å². The second-order valence-electron chi connectivity index (χ2n) is 5.15. The maximum atomic E-state index is 2.45. The van der Waals surface area contributed by atoms with Gasteiger partial charge in [-0.05, 0) is 30.4 Å². The summed E-state index contributed by atoms with van der Waals surface area (Å²) >= 11 is 0. The van der Waals surface area contributed by atoms with Crippen LogP contribution >= 0.6 is 0 Å². The van der Waals surface area contributed by atoms with E-state index in [0.717, 1.165) is 5.92 Å². The van der Waals surface area contributed by atoms with E-state index in [-0.39, 0.29) is 0 Å². The van der Waals surface area contributed by atoms with Gasteiger partial charge in [-0.3, -0.25) is 0 Å². The van der Waals surface area contributed by atoms with E-state index in [1.807, 2.05) is 0 Å². The molecule has 1 aromatic rings. The summed E-state index contributed by atoms with van der Waals surface area (Å²) in [6.07, 6.45) is 10.4. The van der Waals surface area contributed by atoms with Crippen molar-refractivity contribution in [1.29, 1.82) is 0 Å². The Hall–Kier alpha value is -1.04. The third-order valence-electron chi connectivity index (χ3n) is 3.83. The smallest absolute Gasteiger partial charge is 0.00574 e. The Labute approximate surface area is 106 Å². The zero-order valence-corrected chi connectivity index (χ0v) is 11.2. The van der Waals surface area contributed by atoms with Crippen LogP contribution in [0, 0.1) is 0 Å². The van der Waals surface area contributed by atoms with Crippen molar-refractivity contribution in [2.75, 3.05) is 0 Å². The molecule has 1 aromatic carbocycles. The van der Waals surface area contributed by atoms with E-state index in [1.54, 1.807) is 11.1 Å². The Kier molecular flexibility index (Phi) is 4.42. The SMILES string of the molecule is CCCCC1=Cc2ccccc2C1CCCC. The average Bonchev–Trinajstić information content (AvgIpc) is 2.71. The lowest BCUT2D eigenvalue weighted by Gasteiger charge is -2.16. The largest absolute Gasteiger partial charge is 0.0654 e. The molecule has 1 unspecified atom stereocenters. The minimum Gasteiger partial charge on any atom is -0.0654 e. The van der Waals surface area contributed by atoms with Gasteiger partial charge in [0.15, 0.2) is 0 Å². The van der Waals surface area contributed by atoms with Crippen LogP contribution in [0.3, 0.4) is 0 Å². The van der Waals surface area contributed by atoms with E-state index in [4.69, 9.17) is 0 Å². The summed E-state index contributed by atoms with van der Waals surface area (Å²) in [4.78, 5) is 0. The summed E-state index contributed by atoms with van der Waals surface area (Å²) < 4.78 is 0. The van der Waals surface area contributed by atoms with Gasteiger partial charge in [-0.15, -0.1) is 0 Å². The van der Waals surface area contributed by atoms with Crippen molar-refractivity contribution in [3.63, 3.8) is 0 Å². The molecule has 1 aliphatic carbocycles. The van der Waals surface area contributed by atoms with E-state index >= 15 is 0 Å². The van der Waals surface area contributed by atoms with Crippen LogP contribution in [0.5, 0.6) is 0 Å².